The van der Waals surface area contributed by atoms with E-state index in [-0.39, 0.29) is 34.9 Å². The fraction of sp³-hybridized carbons (Fsp3) is 0.964. The number of aliphatic hydroxyl groups is 1. The third-order valence-electron chi connectivity index (χ3n) is 9.21. The van der Waals surface area contributed by atoms with Crippen molar-refractivity contribution in [3.8, 4) is 0 Å². The second-order valence-corrected chi connectivity index (χ2v) is 21.8. The van der Waals surface area contributed by atoms with Crippen LogP contribution in [0.15, 0.2) is 0 Å². The highest BCUT2D eigenvalue weighted by Gasteiger charge is 2.43. The fourth-order valence-corrected chi connectivity index (χ4v) is 9.28. The molecule has 34 heavy (non-hydrogen) atoms. The number of hydrogen-bond donors (Lipinski definition) is 1. The molecule has 4 nitrogen and oxygen atoms in total. The molecular formula is C28H60O4Si2. The summed E-state index contributed by atoms with van der Waals surface area (Å²) in [6.45, 7) is 30.4. The van der Waals surface area contributed by atoms with Crippen LogP contribution in [0.2, 0.25) is 36.3 Å². The van der Waals surface area contributed by atoms with Gasteiger partial charge in [0.2, 0.25) is 0 Å². The van der Waals surface area contributed by atoms with E-state index in [9.17, 15) is 9.90 Å². The standard InChI is InChI=1S/C28H60O4Si2/c1-15-20(6)27(32-34(17-3,18-4)19-5)23(9)26(30)22(8)25(29)21(7)24(16-2)31-33(13,14)28(10,11)12/h20-25,27,29H,15-19H2,1-14H3/t20-,21+,22?,23+,24+,25?,27-/m0/s1. The zero-order valence-electron chi connectivity index (χ0n) is 25.2. The average molecular weight is 517 g/mol. The maximum Gasteiger partial charge on any atom is 0.192 e. The minimum Gasteiger partial charge on any atom is -0.414 e. The van der Waals surface area contributed by atoms with Crippen LogP contribution in [-0.4, -0.2) is 45.8 Å². The molecular weight excluding hydrogens is 456 g/mol. The molecule has 2 unspecified atom stereocenters. The lowest BCUT2D eigenvalue weighted by molar-refractivity contribution is -0.135. The van der Waals surface area contributed by atoms with Crippen LogP contribution in [-0.2, 0) is 13.6 Å². The van der Waals surface area contributed by atoms with E-state index in [0.29, 0.717) is 5.92 Å². The SMILES string of the molecule is CC[C@H](C)[C@H](O[Si](CC)(CC)CC)[C@H](C)C(=O)C(C)C(O)[C@H](C)[C@@H](CC)O[Si](C)(C)C(C)(C)C. The Kier molecular flexibility index (Phi) is 14.1. The lowest BCUT2D eigenvalue weighted by Gasteiger charge is -2.42. The van der Waals surface area contributed by atoms with Crippen LogP contribution >= 0.6 is 0 Å². The molecule has 204 valence electrons. The molecule has 0 aromatic heterocycles. The topological polar surface area (TPSA) is 55.8 Å². The molecule has 0 aliphatic rings. The van der Waals surface area contributed by atoms with Crippen molar-refractivity contribution in [1.82, 2.24) is 0 Å². The van der Waals surface area contributed by atoms with Crippen LogP contribution in [0.3, 0.4) is 0 Å². The normalized spacial score (nSPS) is 19.7. The number of rotatable bonds is 16. The molecule has 0 saturated heterocycles. The number of Topliss-reactive ketones (excluding diaryl/α,β-unsaturated/α-hetero) is 1. The number of carbonyl (C=O) groups is 1. The van der Waals surface area contributed by atoms with E-state index in [4.69, 9.17) is 8.85 Å². The van der Waals surface area contributed by atoms with Gasteiger partial charge in [-0.15, -0.1) is 0 Å². The van der Waals surface area contributed by atoms with E-state index in [1.165, 1.54) is 0 Å². The second-order valence-electron chi connectivity index (χ2n) is 12.4. The Balaban J connectivity index is 5.72. The molecule has 0 aliphatic carbocycles. The predicted octanol–water partition coefficient (Wildman–Crippen LogP) is 8.06. The first-order valence-corrected chi connectivity index (χ1v) is 19.5. The summed E-state index contributed by atoms with van der Waals surface area (Å²) in [6.07, 6.45) is 0.947. The molecule has 0 amide bonds. The number of carbonyl (C=O) groups excluding carboxylic acids is 1. The minimum atomic E-state index is -1.97. The molecule has 0 radical (unpaired) electrons. The van der Waals surface area contributed by atoms with Crippen LogP contribution in [0.1, 0.15) is 95.9 Å². The molecule has 7 atom stereocenters. The van der Waals surface area contributed by atoms with Crippen molar-refractivity contribution in [2.45, 2.75) is 151 Å². The van der Waals surface area contributed by atoms with E-state index >= 15 is 0 Å². The van der Waals surface area contributed by atoms with Gasteiger partial charge in [0.15, 0.2) is 16.6 Å². The van der Waals surface area contributed by atoms with Gasteiger partial charge in [-0.2, -0.15) is 0 Å². The molecule has 0 aromatic rings. The highest BCUT2D eigenvalue weighted by Crippen LogP contribution is 2.39. The van der Waals surface area contributed by atoms with Gasteiger partial charge in [0.05, 0.1) is 12.2 Å². The van der Waals surface area contributed by atoms with Crippen LogP contribution < -0.4 is 0 Å². The quantitative estimate of drug-likeness (QED) is 0.211. The third-order valence-corrected chi connectivity index (χ3v) is 18.3. The fourth-order valence-electron chi connectivity index (χ4n) is 4.77. The number of hydrogen-bond acceptors (Lipinski definition) is 4. The van der Waals surface area contributed by atoms with E-state index in [1.54, 1.807) is 0 Å². The Bertz CT molecular complexity index is 589. The van der Waals surface area contributed by atoms with Gasteiger partial charge in [0.25, 0.3) is 0 Å². The molecule has 0 fully saturated rings. The van der Waals surface area contributed by atoms with Gasteiger partial charge >= 0.3 is 0 Å². The van der Waals surface area contributed by atoms with E-state index in [0.717, 1.165) is 31.0 Å². The van der Waals surface area contributed by atoms with Crippen LogP contribution in [0.25, 0.3) is 0 Å². The summed E-state index contributed by atoms with van der Waals surface area (Å²) in [6, 6.07) is 3.23. The van der Waals surface area contributed by atoms with Crippen LogP contribution in [0, 0.1) is 23.7 Å². The van der Waals surface area contributed by atoms with Crippen LogP contribution in [0.5, 0.6) is 0 Å². The van der Waals surface area contributed by atoms with Gasteiger partial charge in [0, 0.05) is 23.9 Å². The van der Waals surface area contributed by atoms with Gasteiger partial charge in [-0.1, -0.05) is 89.5 Å². The third kappa shape index (κ3) is 8.53. The molecule has 0 aromatic carbocycles. The monoisotopic (exact) mass is 516 g/mol. The van der Waals surface area contributed by atoms with Gasteiger partial charge in [-0.25, -0.2) is 0 Å². The Morgan fingerprint density at radius 1 is 0.824 bits per heavy atom. The van der Waals surface area contributed by atoms with Crippen molar-refractivity contribution in [2.75, 3.05) is 0 Å². The summed E-state index contributed by atoms with van der Waals surface area (Å²) >= 11 is 0. The second kappa shape index (κ2) is 14.1. The van der Waals surface area contributed by atoms with Crippen molar-refractivity contribution >= 4 is 22.4 Å². The van der Waals surface area contributed by atoms with Crippen LogP contribution in [0.4, 0.5) is 0 Å². The van der Waals surface area contributed by atoms with Gasteiger partial charge < -0.3 is 14.0 Å². The lowest BCUT2D eigenvalue weighted by atomic mass is 9.79. The van der Waals surface area contributed by atoms with Crippen molar-refractivity contribution < 1.29 is 18.8 Å². The van der Waals surface area contributed by atoms with Gasteiger partial charge in [-0.05, 0) is 48.6 Å². The Morgan fingerprint density at radius 3 is 1.65 bits per heavy atom. The summed E-state index contributed by atoms with van der Waals surface area (Å²) in [5, 5.41) is 11.4. The molecule has 6 heteroatoms. The summed E-state index contributed by atoms with van der Waals surface area (Å²) in [7, 11) is -3.82. The highest BCUT2D eigenvalue weighted by atomic mass is 28.4. The zero-order chi connectivity index (χ0) is 27.1. The molecule has 0 saturated carbocycles. The van der Waals surface area contributed by atoms with Gasteiger partial charge in [-0.3, -0.25) is 4.79 Å². The predicted molar refractivity (Wildman–Crippen MR) is 152 cm³/mol. The maximum atomic E-state index is 13.7. The molecule has 0 rings (SSSR count). The lowest BCUT2D eigenvalue weighted by Crippen LogP contribution is -2.50. The Hall–Kier alpha value is -0.0162. The summed E-state index contributed by atoms with van der Waals surface area (Å²) in [4.78, 5) is 13.7. The summed E-state index contributed by atoms with van der Waals surface area (Å²) < 4.78 is 13.6. The minimum absolute atomic E-state index is 0.0524. The molecule has 0 spiro atoms. The summed E-state index contributed by atoms with van der Waals surface area (Å²) in [5.41, 5.74) is 0. The Morgan fingerprint density at radius 2 is 1.29 bits per heavy atom. The maximum absolute atomic E-state index is 13.7. The van der Waals surface area contributed by atoms with Crippen molar-refractivity contribution in [1.29, 1.82) is 0 Å². The Labute approximate surface area is 215 Å². The summed E-state index contributed by atoms with van der Waals surface area (Å²) in [5.74, 6) is -0.355. The van der Waals surface area contributed by atoms with Crippen molar-refractivity contribution in [3.63, 3.8) is 0 Å². The molecule has 0 heterocycles. The number of ketones is 1. The van der Waals surface area contributed by atoms with Crippen molar-refractivity contribution in [3.05, 3.63) is 0 Å². The first-order valence-electron chi connectivity index (χ1n) is 14.1. The van der Waals surface area contributed by atoms with Crippen molar-refractivity contribution in [2.24, 2.45) is 23.7 Å². The van der Waals surface area contributed by atoms with Gasteiger partial charge in [0.1, 0.15) is 5.78 Å². The molecule has 0 bridgehead atoms. The molecule has 0 aliphatic heterocycles. The average Bonchev–Trinajstić information content (AvgIpc) is 2.80. The zero-order valence-corrected chi connectivity index (χ0v) is 27.2. The first-order chi connectivity index (χ1) is 15.5. The number of aliphatic hydroxyl groups excluding tert-OH is 1. The van der Waals surface area contributed by atoms with E-state index in [1.807, 2.05) is 20.8 Å². The van der Waals surface area contributed by atoms with E-state index in [2.05, 4.69) is 75.4 Å². The van der Waals surface area contributed by atoms with E-state index < -0.39 is 28.7 Å². The highest BCUT2D eigenvalue weighted by molar-refractivity contribution is 6.74. The smallest absolute Gasteiger partial charge is 0.192 e. The largest absolute Gasteiger partial charge is 0.414 e. The first kappa shape index (κ1) is 34.0. The molecule has 1 N–H and O–H groups in total.